The van der Waals surface area contributed by atoms with Crippen LogP contribution in [-0.2, 0) is 9.59 Å². The van der Waals surface area contributed by atoms with Gasteiger partial charge in [-0.2, -0.15) is 0 Å². The van der Waals surface area contributed by atoms with Crippen LogP contribution in [0, 0.1) is 10.1 Å². The Labute approximate surface area is 187 Å². The molecule has 9 nitrogen and oxygen atoms in total. The van der Waals surface area contributed by atoms with E-state index in [1.165, 1.54) is 49.6 Å². The van der Waals surface area contributed by atoms with Crippen LogP contribution in [0.25, 0.3) is 5.76 Å². The number of ketones is 1. The lowest BCUT2D eigenvalue weighted by Gasteiger charge is -2.25. The number of carbonyl (C=O) groups is 2. The molecule has 0 aromatic heterocycles. The maximum Gasteiger partial charge on any atom is 0.300 e. The molecule has 1 amide bonds. The number of nitro benzene ring substituents is 1. The van der Waals surface area contributed by atoms with Gasteiger partial charge in [0.15, 0.2) is 11.5 Å². The Morgan fingerprint density at radius 1 is 1.03 bits per heavy atom. The van der Waals surface area contributed by atoms with Gasteiger partial charge in [0, 0.05) is 17.7 Å². The molecular formula is C24H18N2O7. The first kappa shape index (κ1) is 21.6. The van der Waals surface area contributed by atoms with Crippen molar-refractivity contribution < 1.29 is 29.5 Å². The van der Waals surface area contributed by atoms with E-state index in [4.69, 9.17) is 4.74 Å². The van der Waals surface area contributed by atoms with Gasteiger partial charge < -0.3 is 14.9 Å². The van der Waals surface area contributed by atoms with E-state index in [2.05, 4.69) is 0 Å². The quantitative estimate of drug-likeness (QED) is 0.200. The fourth-order valence-corrected chi connectivity index (χ4v) is 3.79. The minimum absolute atomic E-state index is 0.0943. The van der Waals surface area contributed by atoms with Gasteiger partial charge in [0.2, 0.25) is 0 Å². The van der Waals surface area contributed by atoms with Gasteiger partial charge in [-0.25, -0.2) is 0 Å². The number of anilines is 1. The van der Waals surface area contributed by atoms with Gasteiger partial charge in [-0.15, -0.1) is 0 Å². The first-order valence-electron chi connectivity index (χ1n) is 9.81. The second-order valence-electron chi connectivity index (χ2n) is 7.24. The molecule has 0 unspecified atom stereocenters. The molecule has 0 radical (unpaired) electrons. The van der Waals surface area contributed by atoms with Gasteiger partial charge in [-0.3, -0.25) is 24.6 Å². The summed E-state index contributed by atoms with van der Waals surface area (Å²) in [5.41, 5.74) is 0.332. The number of phenols is 1. The SMILES string of the molecule is COc1cc([C@@H]2C(=C(O)c3ccccc3)C(=O)C(=O)N2c2cccc([N+](=O)[O-])c2)ccc1O. The molecule has 1 heterocycles. The maximum absolute atomic E-state index is 13.1. The van der Waals surface area contributed by atoms with Crippen molar-refractivity contribution in [1.29, 1.82) is 0 Å². The molecule has 0 bridgehead atoms. The van der Waals surface area contributed by atoms with Crippen LogP contribution in [0.1, 0.15) is 17.2 Å². The third-order valence-corrected chi connectivity index (χ3v) is 5.33. The Morgan fingerprint density at radius 3 is 2.42 bits per heavy atom. The number of methoxy groups -OCH3 is 1. The van der Waals surface area contributed by atoms with Crippen LogP contribution >= 0.6 is 0 Å². The number of nitrogens with zero attached hydrogens (tertiary/aromatic N) is 2. The molecule has 1 atom stereocenters. The number of benzene rings is 3. The second kappa shape index (κ2) is 8.46. The zero-order valence-corrected chi connectivity index (χ0v) is 17.3. The summed E-state index contributed by atoms with van der Waals surface area (Å²) in [6.07, 6.45) is 0. The fourth-order valence-electron chi connectivity index (χ4n) is 3.79. The molecule has 1 aliphatic rings. The van der Waals surface area contributed by atoms with Crippen LogP contribution in [0.2, 0.25) is 0 Å². The van der Waals surface area contributed by atoms with Gasteiger partial charge in [-0.1, -0.05) is 42.5 Å². The van der Waals surface area contributed by atoms with Crippen LogP contribution in [0.5, 0.6) is 11.5 Å². The van der Waals surface area contributed by atoms with Gasteiger partial charge >= 0.3 is 0 Å². The van der Waals surface area contributed by atoms with Crippen molar-refractivity contribution >= 4 is 28.8 Å². The van der Waals surface area contributed by atoms with Crippen LogP contribution in [-0.4, -0.2) is 33.9 Å². The number of aliphatic hydroxyl groups excluding tert-OH is 1. The van der Waals surface area contributed by atoms with Gasteiger partial charge in [0.05, 0.1) is 29.3 Å². The first-order chi connectivity index (χ1) is 15.8. The van der Waals surface area contributed by atoms with Crippen molar-refractivity contribution in [2.75, 3.05) is 12.0 Å². The normalized spacial score (nSPS) is 17.2. The van der Waals surface area contributed by atoms with Crippen molar-refractivity contribution in [3.8, 4) is 11.5 Å². The number of hydrogen-bond acceptors (Lipinski definition) is 7. The lowest BCUT2D eigenvalue weighted by Crippen LogP contribution is -2.29. The highest BCUT2D eigenvalue weighted by Gasteiger charge is 2.47. The molecule has 1 aliphatic heterocycles. The highest BCUT2D eigenvalue weighted by molar-refractivity contribution is 6.51. The number of Topliss-reactive ketones (excluding diaryl/α,β-unsaturated/α-hetero) is 1. The number of non-ortho nitro benzene ring substituents is 1. The van der Waals surface area contributed by atoms with Gasteiger partial charge in [0.25, 0.3) is 17.4 Å². The number of ether oxygens (including phenoxy) is 1. The molecule has 1 saturated heterocycles. The molecule has 0 saturated carbocycles. The smallest absolute Gasteiger partial charge is 0.300 e. The average molecular weight is 446 g/mol. The zero-order chi connectivity index (χ0) is 23.7. The Kier molecular flexibility index (Phi) is 5.53. The maximum atomic E-state index is 13.1. The van der Waals surface area contributed by atoms with E-state index >= 15 is 0 Å². The molecule has 1 fully saturated rings. The molecule has 33 heavy (non-hydrogen) atoms. The molecule has 2 N–H and O–H groups in total. The Hall–Kier alpha value is -4.66. The van der Waals surface area contributed by atoms with E-state index in [9.17, 15) is 29.9 Å². The lowest BCUT2D eigenvalue weighted by molar-refractivity contribution is -0.384. The number of carbonyl (C=O) groups excluding carboxylic acids is 2. The summed E-state index contributed by atoms with van der Waals surface area (Å²) >= 11 is 0. The number of aliphatic hydroxyl groups is 1. The molecule has 0 aliphatic carbocycles. The number of nitro groups is 1. The number of aromatic hydroxyl groups is 1. The van der Waals surface area contributed by atoms with Crippen LogP contribution in [0.15, 0.2) is 78.4 Å². The third kappa shape index (κ3) is 3.76. The Morgan fingerprint density at radius 2 is 1.76 bits per heavy atom. The van der Waals surface area contributed by atoms with E-state index in [1.807, 2.05) is 0 Å². The largest absolute Gasteiger partial charge is 0.507 e. The summed E-state index contributed by atoms with van der Waals surface area (Å²) < 4.78 is 5.16. The predicted octanol–water partition coefficient (Wildman–Crippen LogP) is 3.94. The number of phenolic OH excluding ortho intramolecular Hbond substituents is 1. The molecule has 0 spiro atoms. The van der Waals surface area contributed by atoms with Crippen molar-refractivity contribution in [2.45, 2.75) is 6.04 Å². The number of amides is 1. The predicted molar refractivity (Wildman–Crippen MR) is 119 cm³/mol. The van der Waals surface area contributed by atoms with Crippen LogP contribution < -0.4 is 9.64 Å². The van der Waals surface area contributed by atoms with Crippen molar-refractivity contribution in [3.05, 3.63) is 99.6 Å². The van der Waals surface area contributed by atoms with Gasteiger partial charge in [-0.05, 0) is 23.8 Å². The molecule has 9 heteroatoms. The monoisotopic (exact) mass is 446 g/mol. The molecule has 3 aromatic carbocycles. The average Bonchev–Trinajstić information content (AvgIpc) is 3.10. The van der Waals surface area contributed by atoms with E-state index in [0.29, 0.717) is 11.1 Å². The van der Waals surface area contributed by atoms with Crippen molar-refractivity contribution in [3.63, 3.8) is 0 Å². The van der Waals surface area contributed by atoms with Gasteiger partial charge in [0.1, 0.15) is 5.76 Å². The number of rotatable bonds is 5. The van der Waals surface area contributed by atoms with E-state index in [1.54, 1.807) is 30.3 Å². The number of hydrogen-bond donors (Lipinski definition) is 2. The minimum Gasteiger partial charge on any atom is -0.507 e. The third-order valence-electron chi connectivity index (χ3n) is 5.33. The van der Waals surface area contributed by atoms with E-state index in [0.717, 1.165) is 4.90 Å². The standard InChI is InChI=1S/C24H18N2O7/c1-33-19-12-15(10-11-18(19)27)21-20(22(28)14-6-3-2-4-7-14)23(29)24(30)25(21)16-8-5-9-17(13-16)26(31)32/h2-13,21,27-28H,1H3/t21-/m1/s1. The van der Waals surface area contributed by atoms with Crippen LogP contribution in [0.3, 0.4) is 0 Å². The second-order valence-corrected chi connectivity index (χ2v) is 7.24. The summed E-state index contributed by atoms with van der Waals surface area (Å²) in [6.45, 7) is 0. The summed E-state index contributed by atoms with van der Waals surface area (Å²) in [6, 6.07) is 16.7. The van der Waals surface area contributed by atoms with Crippen LogP contribution in [0.4, 0.5) is 11.4 Å². The molecule has 4 rings (SSSR count). The van der Waals surface area contributed by atoms with Crippen molar-refractivity contribution in [1.82, 2.24) is 0 Å². The fraction of sp³-hybridized carbons (Fsp3) is 0.0833. The minimum atomic E-state index is -1.12. The molecule has 166 valence electrons. The van der Waals surface area contributed by atoms with Crippen molar-refractivity contribution in [2.24, 2.45) is 0 Å². The summed E-state index contributed by atoms with van der Waals surface area (Å²) in [5.74, 6) is -2.35. The first-order valence-corrected chi connectivity index (χ1v) is 9.81. The molecular weight excluding hydrogens is 428 g/mol. The van der Waals surface area contributed by atoms with E-state index in [-0.39, 0.29) is 34.2 Å². The summed E-state index contributed by atoms with van der Waals surface area (Å²) in [5, 5.41) is 32.3. The topological polar surface area (TPSA) is 130 Å². The molecule has 3 aromatic rings. The highest BCUT2D eigenvalue weighted by Crippen LogP contribution is 2.44. The summed E-state index contributed by atoms with van der Waals surface area (Å²) in [4.78, 5) is 38.0. The zero-order valence-electron chi connectivity index (χ0n) is 17.3. The Bertz CT molecular complexity index is 1300. The van der Waals surface area contributed by atoms with E-state index < -0.39 is 22.7 Å². The lowest BCUT2D eigenvalue weighted by atomic mass is 9.94. The highest BCUT2D eigenvalue weighted by atomic mass is 16.6. The Balaban J connectivity index is 1.98. The summed E-state index contributed by atoms with van der Waals surface area (Å²) in [7, 11) is 1.35.